The summed E-state index contributed by atoms with van der Waals surface area (Å²) in [5, 5.41) is 9.04. The van der Waals surface area contributed by atoms with Gasteiger partial charge in [0.2, 0.25) is 0 Å². The lowest BCUT2D eigenvalue weighted by Gasteiger charge is -2.21. The molecule has 3 unspecified atom stereocenters. The highest BCUT2D eigenvalue weighted by Crippen LogP contribution is 2.25. The molecule has 3 heteroatoms. The second-order valence-corrected chi connectivity index (χ2v) is 5.31. The Morgan fingerprint density at radius 1 is 1.24 bits per heavy atom. The molecule has 0 aromatic rings. The van der Waals surface area contributed by atoms with E-state index in [0.717, 1.165) is 12.8 Å². The molecule has 0 heterocycles. The first-order valence-corrected chi connectivity index (χ1v) is 6.48. The zero-order valence-corrected chi connectivity index (χ0v) is 11.7. The van der Waals surface area contributed by atoms with Gasteiger partial charge in [-0.1, -0.05) is 27.7 Å². The van der Waals surface area contributed by atoms with Gasteiger partial charge in [-0.2, -0.15) is 5.26 Å². The van der Waals surface area contributed by atoms with E-state index in [4.69, 9.17) is 10.00 Å². The second-order valence-electron chi connectivity index (χ2n) is 5.31. The minimum Gasteiger partial charge on any atom is -0.465 e. The molecule has 17 heavy (non-hydrogen) atoms. The monoisotopic (exact) mass is 239 g/mol. The second kappa shape index (κ2) is 8.11. The van der Waals surface area contributed by atoms with Gasteiger partial charge in [-0.05, 0) is 37.5 Å². The Labute approximate surface area is 105 Å². The van der Waals surface area contributed by atoms with Crippen molar-refractivity contribution < 1.29 is 9.53 Å². The van der Waals surface area contributed by atoms with Gasteiger partial charge in [0.1, 0.15) is 5.92 Å². The fraction of sp³-hybridized carbons (Fsp3) is 0.857. The maximum absolute atomic E-state index is 11.6. The number of hydrogen-bond donors (Lipinski definition) is 0. The van der Waals surface area contributed by atoms with Crippen molar-refractivity contribution in [2.75, 3.05) is 6.61 Å². The summed E-state index contributed by atoms with van der Waals surface area (Å²) in [5.74, 6) is 0.257. The Balaban J connectivity index is 4.31. The topological polar surface area (TPSA) is 50.1 Å². The molecule has 0 fully saturated rings. The van der Waals surface area contributed by atoms with Gasteiger partial charge in [0.05, 0.1) is 12.7 Å². The molecular weight excluding hydrogens is 214 g/mol. The molecule has 98 valence electrons. The maximum atomic E-state index is 11.6. The van der Waals surface area contributed by atoms with E-state index in [-0.39, 0.29) is 11.9 Å². The Morgan fingerprint density at radius 2 is 1.82 bits per heavy atom. The van der Waals surface area contributed by atoms with E-state index in [0.29, 0.717) is 18.4 Å². The molecule has 0 rings (SSSR count). The number of carbonyl (C=O) groups is 1. The molecule has 0 aromatic heterocycles. The van der Waals surface area contributed by atoms with Crippen LogP contribution in [0.4, 0.5) is 0 Å². The molecule has 0 aliphatic carbocycles. The van der Waals surface area contributed by atoms with E-state index >= 15 is 0 Å². The van der Waals surface area contributed by atoms with Crippen LogP contribution in [0, 0.1) is 35.0 Å². The predicted molar refractivity (Wildman–Crippen MR) is 68.1 cm³/mol. The number of nitrogens with zero attached hydrogens (tertiary/aromatic N) is 1. The van der Waals surface area contributed by atoms with Gasteiger partial charge in [0.25, 0.3) is 0 Å². The van der Waals surface area contributed by atoms with E-state index in [2.05, 4.69) is 26.8 Å². The van der Waals surface area contributed by atoms with Crippen LogP contribution in [0.3, 0.4) is 0 Å². The first-order chi connectivity index (χ1) is 7.92. The van der Waals surface area contributed by atoms with Crippen LogP contribution in [0.5, 0.6) is 0 Å². The summed E-state index contributed by atoms with van der Waals surface area (Å²) in [6, 6.07) is 2.07. The standard InChI is InChI=1S/C14H25NO2/c1-6-17-14(16)13(9-15)12(5)8-11(4)7-10(2)3/h10-13H,6-8H2,1-5H3. The Bertz CT molecular complexity index is 268. The molecule has 0 saturated heterocycles. The van der Waals surface area contributed by atoms with Crippen molar-refractivity contribution in [1.29, 1.82) is 5.26 Å². The highest BCUT2D eigenvalue weighted by Gasteiger charge is 2.27. The van der Waals surface area contributed by atoms with Crippen LogP contribution in [0.2, 0.25) is 0 Å². The maximum Gasteiger partial charge on any atom is 0.323 e. The third-order valence-electron chi connectivity index (χ3n) is 2.90. The average Bonchev–Trinajstić information content (AvgIpc) is 2.17. The Hall–Kier alpha value is -1.04. The molecule has 0 saturated carbocycles. The lowest BCUT2D eigenvalue weighted by molar-refractivity contribution is -0.147. The van der Waals surface area contributed by atoms with Crippen LogP contribution < -0.4 is 0 Å². The number of carbonyl (C=O) groups excluding carboxylic acids is 1. The van der Waals surface area contributed by atoms with E-state index in [1.165, 1.54) is 0 Å². The van der Waals surface area contributed by atoms with Gasteiger partial charge in [-0.25, -0.2) is 0 Å². The Morgan fingerprint density at radius 3 is 2.24 bits per heavy atom. The molecule has 0 amide bonds. The summed E-state index contributed by atoms with van der Waals surface area (Å²) in [7, 11) is 0. The number of rotatable bonds is 7. The third kappa shape index (κ3) is 6.31. The smallest absolute Gasteiger partial charge is 0.323 e. The molecule has 0 aliphatic heterocycles. The van der Waals surface area contributed by atoms with Crippen molar-refractivity contribution in [1.82, 2.24) is 0 Å². The van der Waals surface area contributed by atoms with E-state index in [1.807, 2.05) is 6.92 Å². The summed E-state index contributed by atoms with van der Waals surface area (Å²) in [5.41, 5.74) is 0. The van der Waals surface area contributed by atoms with Crippen molar-refractivity contribution >= 4 is 5.97 Å². The fourth-order valence-electron chi connectivity index (χ4n) is 2.32. The van der Waals surface area contributed by atoms with Crippen LogP contribution in [0.1, 0.15) is 47.5 Å². The zero-order valence-electron chi connectivity index (χ0n) is 11.7. The van der Waals surface area contributed by atoms with E-state index < -0.39 is 5.92 Å². The normalized spacial score (nSPS) is 16.1. The lowest BCUT2D eigenvalue weighted by atomic mass is 9.84. The summed E-state index contributed by atoms with van der Waals surface area (Å²) >= 11 is 0. The van der Waals surface area contributed by atoms with Crippen LogP contribution in [0.25, 0.3) is 0 Å². The predicted octanol–water partition coefficient (Wildman–Crippen LogP) is 3.40. The van der Waals surface area contributed by atoms with E-state index in [9.17, 15) is 4.79 Å². The zero-order chi connectivity index (χ0) is 13.4. The van der Waals surface area contributed by atoms with Gasteiger partial charge in [-0.15, -0.1) is 0 Å². The molecule has 3 atom stereocenters. The molecular formula is C14H25NO2. The number of ether oxygens (including phenoxy) is 1. The van der Waals surface area contributed by atoms with Crippen LogP contribution >= 0.6 is 0 Å². The minimum atomic E-state index is -0.621. The Kier molecular flexibility index (Phi) is 7.61. The SMILES string of the molecule is CCOC(=O)C(C#N)C(C)CC(C)CC(C)C. The highest BCUT2D eigenvalue weighted by atomic mass is 16.5. The van der Waals surface area contributed by atoms with Crippen molar-refractivity contribution in [2.24, 2.45) is 23.7 Å². The van der Waals surface area contributed by atoms with Gasteiger partial charge in [0, 0.05) is 0 Å². The van der Waals surface area contributed by atoms with Crippen LogP contribution in [0.15, 0.2) is 0 Å². The largest absolute Gasteiger partial charge is 0.465 e. The average molecular weight is 239 g/mol. The molecule has 0 radical (unpaired) electrons. The summed E-state index contributed by atoms with van der Waals surface area (Å²) in [6.45, 7) is 10.6. The molecule has 0 bridgehead atoms. The lowest BCUT2D eigenvalue weighted by Crippen LogP contribution is -2.24. The number of nitriles is 1. The van der Waals surface area contributed by atoms with Crippen LogP contribution in [-0.2, 0) is 9.53 Å². The summed E-state index contributed by atoms with van der Waals surface area (Å²) in [4.78, 5) is 11.6. The minimum absolute atomic E-state index is 0.0628. The van der Waals surface area contributed by atoms with Gasteiger partial charge in [-0.3, -0.25) is 4.79 Å². The van der Waals surface area contributed by atoms with Crippen molar-refractivity contribution in [2.45, 2.75) is 47.5 Å². The first-order valence-electron chi connectivity index (χ1n) is 6.48. The summed E-state index contributed by atoms with van der Waals surface area (Å²) in [6.07, 6.45) is 2.03. The summed E-state index contributed by atoms with van der Waals surface area (Å²) < 4.78 is 4.92. The molecule has 0 spiro atoms. The van der Waals surface area contributed by atoms with Crippen molar-refractivity contribution in [3.63, 3.8) is 0 Å². The van der Waals surface area contributed by atoms with Gasteiger partial charge >= 0.3 is 5.97 Å². The quantitative estimate of drug-likeness (QED) is 0.640. The molecule has 3 nitrogen and oxygen atoms in total. The first kappa shape index (κ1) is 16.0. The number of esters is 1. The van der Waals surface area contributed by atoms with Gasteiger partial charge < -0.3 is 4.74 Å². The number of hydrogen-bond acceptors (Lipinski definition) is 3. The molecule has 0 aromatic carbocycles. The van der Waals surface area contributed by atoms with Crippen molar-refractivity contribution in [3.8, 4) is 6.07 Å². The third-order valence-corrected chi connectivity index (χ3v) is 2.90. The fourth-order valence-corrected chi connectivity index (χ4v) is 2.32. The van der Waals surface area contributed by atoms with Crippen LogP contribution in [-0.4, -0.2) is 12.6 Å². The molecule has 0 N–H and O–H groups in total. The van der Waals surface area contributed by atoms with Gasteiger partial charge in [0.15, 0.2) is 0 Å². The highest BCUT2D eigenvalue weighted by molar-refractivity contribution is 5.75. The van der Waals surface area contributed by atoms with Crippen molar-refractivity contribution in [3.05, 3.63) is 0 Å². The molecule has 0 aliphatic rings. The van der Waals surface area contributed by atoms with E-state index in [1.54, 1.807) is 6.92 Å².